The Balaban J connectivity index is 1.96. The highest BCUT2D eigenvalue weighted by Crippen LogP contribution is 2.54. The topological polar surface area (TPSA) is 81.8 Å². The van der Waals surface area contributed by atoms with Gasteiger partial charge in [0.05, 0.1) is 4.92 Å². The van der Waals surface area contributed by atoms with Crippen molar-refractivity contribution in [2.75, 3.05) is 0 Å². The van der Waals surface area contributed by atoms with E-state index in [1.807, 2.05) is 43.3 Å². The number of rotatable bonds is 8. The molecule has 180 valence electrons. The molecule has 0 aromatic heterocycles. The summed E-state index contributed by atoms with van der Waals surface area (Å²) in [6.07, 6.45) is 3.65. The van der Waals surface area contributed by atoms with Crippen LogP contribution in [0.4, 0.5) is 5.69 Å². The van der Waals surface area contributed by atoms with E-state index in [1.54, 1.807) is 12.1 Å². The van der Waals surface area contributed by atoms with Crippen molar-refractivity contribution < 1.29 is 14.6 Å². The number of carbonyl (C=O) groups excluding carboxylic acids is 1. The molecular weight excluding hydrogens is 440 g/mol. The average molecular weight is 471 g/mol. The van der Waals surface area contributed by atoms with Gasteiger partial charge in [-0.15, -0.1) is 0 Å². The van der Waals surface area contributed by atoms with Crippen LogP contribution in [0.5, 0.6) is 0 Å². The lowest BCUT2D eigenvalue weighted by Crippen LogP contribution is -2.25. The van der Waals surface area contributed by atoms with Crippen LogP contribution in [-0.4, -0.2) is 16.6 Å². The van der Waals surface area contributed by atoms with Gasteiger partial charge in [-0.3, -0.25) is 10.1 Å². The quantitative estimate of drug-likeness (QED) is 0.152. The Morgan fingerprint density at radius 3 is 2.20 bits per heavy atom. The third-order valence-corrected chi connectivity index (χ3v) is 6.85. The van der Waals surface area contributed by atoms with Crippen molar-refractivity contribution in [1.29, 1.82) is 0 Å². The molecule has 1 aliphatic carbocycles. The van der Waals surface area contributed by atoms with Gasteiger partial charge in [0, 0.05) is 35.6 Å². The maximum Gasteiger partial charge on any atom is 0.332 e. The number of fused-ring (bicyclic) bond motifs is 3. The molecule has 0 atom stereocenters. The molecule has 0 fully saturated rings. The first-order valence-electron chi connectivity index (χ1n) is 12.1. The molecule has 6 heteroatoms. The fourth-order valence-corrected chi connectivity index (χ4v) is 5.47. The van der Waals surface area contributed by atoms with Crippen molar-refractivity contribution in [3.63, 3.8) is 0 Å². The van der Waals surface area contributed by atoms with Crippen molar-refractivity contribution >= 4 is 17.4 Å². The smallest absolute Gasteiger partial charge is 0.318 e. The largest absolute Gasteiger partial charge is 0.332 e. The maximum atomic E-state index is 11.6. The molecule has 0 unspecified atom stereocenters. The molecule has 0 bridgehead atoms. The minimum Gasteiger partial charge on any atom is -0.318 e. The summed E-state index contributed by atoms with van der Waals surface area (Å²) in [5, 5.41) is 15.9. The monoisotopic (exact) mass is 470 g/mol. The first-order chi connectivity index (χ1) is 16.8. The standard InChI is InChI=1S/C29H30N2O4/c1-5-15-29(16-6-2)26-17-21(28(30-35-20(4)32)23-10-8-7-9-19(23)3)11-13-24(26)25-14-12-22(31(33)34)18-27(25)29/h7-14,17-18H,5-6,15-16H2,1-4H3/b30-28+. The van der Waals surface area contributed by atoms with Gasteiger partial charge < -0.3 is 4.84 Å². The average Bonchev–Trinajstić information content (AvgIpc) is 3.09. The molecular formula is C29H30N2O4. The zero-order chi connectivity index (χ0) is 25.2. The lowest BCUT2D eigenvalue weighted by atomic mass is 9.71. The first-order valence-corrected chi connectivity index (χ1v) is 12.1. The van der Waals surface area contributed by atoms with Crippen LogP contribution in [0.3, 0.4) is 0 Å². The summed E-state index contributed by atoms with van der Waals surface area (Å²) in [4.78, 5) is 28.0. The summed E-state index contributed by atoms with van der Waals surface area (Å²) in [6, 6.07) is 19.3. The van der Waals surface area contributed by atoms with Crippen molar-refractivity contribution in [1.82, 2.24) is 0 Å². The van der Waals surface area contributed by atoms with E-state index < -0.39 is 5.97 Å². The van der Waals surface area contributed by atoms with E-state index >= 15 is 0 Å². The fourth-order valence-electron chi connectivity index (χ4n) is 5.47. The second-order valence-corrected chi connectivity index (χ2v) is 9.17. The van der Waals surface area contributed by atoms with Gasteiger partial charge in [0.2, 0.25) is 0 Å². The summed E-state index contributed by atoms with van der Waals surface area (Å²) < 4.78 is 0. The Morgan fingerprint density at radius 1 is 0.971 bits per heavy atom. The number of carbonyl (C=O) groups is 1. The summed E-state index contributed by atoms with van der Waals surface area (Å²) in [5.74, 6) is -0.483. The van der Waals surface area contributed by atoms with Crippen LogP contribution in [-0.2, 0) is 15.0 Å². The van der Waals surface area contributed by atoms with Gasteiger partial charge in [0.25, 0.3) is 5.69 Å². The number of oxime groups is 1. The molecule has 0 heterocycles. The molecule has 0 spiro atoms. The van der Waals surface area contributed by atoms with E-state index in [9.17, 15) is 14.9 Å². The van der Waals surface area contributed by atoms with Crippen LogP contribution in [0.2, 0.25) is 0 Å². The van der Waals surface area contributed by atoms with Crippen molar-refractivity contribution in [2.24, 2.45) is 5.16 Å². The van der Waals surface area contributed by atoms with Crippen molar-refractivity contribution in [3.8, 4) is 11.1 Å². The van der Waals surface area contributed by atoms with E-state index in [4.69, 9.17) is 4.84 Å². The van der Waals surface area contributed by atoms with Gasteiger partial charge in [-0.2, -0.15) is 0 Å². The molecule has 3 aromatic rings. The zero-order valence-corrected chi connectivity index (χ0v) is 20.6. The number of nitro groups is 1. The molecule has 6 nitrogen and oxygen atoms in total. The van der Waals surface area contributed by atoms with E-state index in [0.717, 1.165) is 64.6 Å². The summed E-state index contributed by atoms with van der Waals surface area (Å²) in [5.41, 5.74) is 7.45. The number of hydrogen-bond donors (Lipinski definition) is 0. The normalized spacial score (nSPS) is 13.8. The minimum absolute atomic E-state index is 0.116. The van der Waals surface area contributed by atoms with Crippen LogP contribution < -0.4 is 0 Å². The van der Waals surface area contributed by atoms with E-state index in [1.165, 1.54) is 6.92 Å². The Kier molecular flexibility index (Phi) is 6.83. The van der Waals surface area contributed by atoms with E-state index in [2.05, 4.69) is 31.1 Å². The molecule has 0 amide bonds. The number of nitro benzene ring substituents is 1. The number of non-ortho nitro benzene ring substituents is 1. The van der Waals surface area contributed by atoms with Crippen LogP contribution in [0, 0.1) is 17.0 Å². The predicted molar refractivity (Wildman–Crippen MR) is 138 cm³/mol. The van der Waals surface area contributed by atoms with Gasteiger partial charge in [-0.25, -0.2) is 4.79 Å². The van der Waals surface area contributed by atoms with Crippen LogP contribution in [0.15, 0.2) is 65.8 Å². The molecule has 3 aromatic carbocycles. The third-order valence-electron chi connectivity index (χ3n) is 6.85. The molecule has 0 radical (unpaired) electrons. The SMILES string of the molecule is CCCC1(CCC)c2cc(/C(=N\OC(C)=O)c3ccccc3C)ccc2-c2ccc([N+](=O)[O-])cc21. The number of aryl methyl sites for hydroxylation is 1. The number of benzene rings is 3. The maximum absolute atomic E-state index is 11.6. The molecule has 4 rings (SSSR count). The third kappa shape index (κ3) is 4.36. The summed E-state index contributed by atoms with van der Waals surface area (Å²) in [7, 11) is 0. The Hall–Kier alpha value is -3.80. The lowest BCUT2D eigenvalue weighted by Gasteiger charge is -2.32. The highest BCUT2D eigenvalue weighted by Gasteiger charge is 2.43. The Labute approximate surface area is 205 Å². The van der Waals surface area contributed by atoms with Crippen molar-refractivity contribution in [2.45, 2.75) is 58.8 Å². The fraction of sp³-hybridized carbons (Fsp3) is 0.310. The molecule has 0 saturated carbocycles. The van der Waals surface area contributed by atoms with E-state index in [0.29, 0.717) is 5.71 Å². The second-order valence-electron chi connectivity index (χ2n) is 9.17. The van der Waals surface area contributed by atoms with E-state index in [-0.39, 0.29) is 16.0 Å². The molecule has 0 aliphatic heterocycles. The zero-order valence-electron chi connectivity index (χ0n) is 20.6. The second kappa shape index (κ2) is 9.82. The lowest BCUT2D eigenvalue weighted by molar-refractivity contribution is -0.384. The summed E-state index contributed by atoms with van der Waals surface area (Å²) >= 11 is 0. The van der Waals surface area contributed by atoms with Gasteiger partial charge >= 0.3 is 5.97 Å². The molecule has 35 heavy (non-hydrogen) atoms. The van der Waals surface area contributed by atoms with Gasteiger partial charge in [0.1, 0.15) is 5.71 Å². The molecule has 0 saturated heterocycles. The van der Waals surface area contributed by atoms with Crippen molar-refractivity contribution in [3.05, 3.63) is 98.6 Å². The Morgan fingerprint density at radius 2 is 1.60 bits per heavy atom. The van der Waals surface area contributed by atoms with Crippen LogP contribution >= 0.6 is 0 Å². The van der Waals surface area contributed by atoms with Gasteiger partial charge in [0.15, 0.2) is 0 Å². The van der Waals surface area contributed by atoms with Crippen LogP contribution in [0.1, 0.15) is 74.3 Å². The number of nitrogens with zero attached hydrogens (tertiary/aromatic N) is 2. The highest BCUT2D eigenvalue weighted by molar-refractivity contribution is 6.14. The Bertz CT molecular complexity index is 1320. The number of hydrogen-bond acceptors (Lipinski definition) is 5. The molecule has 0 N–H and O–H groups in total. The van der Waals surface area contributed by atoms with Crippen LogP contribution in [0.25, 0.3) is 11.1 Å². The first kappa shape index (κ1) is 24.3. The summed E-state index contributed by atoms with van der Waals surface area (Å²) in [6.45, 7) is 7.63. The van der Waals surface area contributed by atoms with Gasteiger partial charge in [-0.1, -0.05) is 68.2 Å². The van der Waals surface area contributed by atoms with Gasteiger partial charge in [-0.05, 0) is 59.7 Å². The predicted octanol–water partition coefficient (Wildman–Crippen LogP) is 7.09. The highest BCUT2D eigenvalue weighted by atomic mass is 16.7. The molecule has 1 aliphatic rings. The minimum atomic E-state index is -0.483.